The van der Waals surface area contributed by atoms with E-state index in [9.17, 15) is 9.18 Å². The molecule has 2 atom stereocenters. The molecule has 0 saturated carbocycles. The van der Waals surface area contributed by atoms with Gasteiger partial charge in [0.2, 0.25) is 0 Å². The van der Waals surface area contributed by atoms with Crippen LogP contribution in [0.5, 0.6) is 0 Å². The Balaban J connectivity index is 1.96. The number of nitrogens with zero attached hydrogens (tertiary/aromatic N) is 2. The molecule has 2 unspecified atom stereocenters. The highest BCUT2D eigenvalue weighted by Gasteiger charge is 2.19. The molecule has 7 heteroatoms. The Labute approximate surface area is 172 Å². The molecule has 3 rings (SSSR count). The van der Waals surface area contributed by atoms with Crippen LogP contribution in [0.2, 0.25) is 0 Å². The zero-order valence-electron chi connectivity index (χ0n) is 17.0. The molecule has 152 valence electrons. The van der Waals surface area contributed by atoms with Gasteiger partial charge in [-0.25, -0.2) is 9.37 Å². The third-order valence-corrected chi connectivity index (χ3v) is 4.74. The van der Waals surface area contributed by atoms with Crippen LogP contribution >= 0.6 is 9.24 Å². The Morgan fingerprint density at radius 2 is 1.90 bits per heavy atom. The first-order chi connectivity index (χ1) is 13.6. The Bertz CT molecular complexity index is 1010. The number of aromatic nitrogens is 2. The summed E-state index contributed by atoms with van der Waals surface area (Å²) in [5.74, 6) is -0.129. The van der Waals surface area contributed by atoms with E-state index < -0.39 is 5.41 Å². The van der Waals surface area contributed by atoms with Crippen molar-refractivity contribution < 1.29 is 9.18 Å². The Morgan fingerprint density at radius 3 is 2.45 bits per heavy atom. The van der Waals surface area contributed by atoms with Gasteiger partial charge in [0.15, 0.2) is 0 Å². The van der Waals surface area contributed by atoms with Gasteiger partial charge in [-0.3, -0.25) is 4.79 Å². The molecule has 0 saturated heterocycles. The zero-order valence-corrected chi connectivity index (χ0v) is 18.2. The second-order valence-corrected chi connectivity index (χ2v) is 8.68. The standard InChI is InChI=1S/C22H26FN4OP/c1-14(2)25-21(28)15-5-10-19(18(11-15)20-12-27(4)13-24-20)26-17-8-6-16(7-9-17)22(3,23)29/h5-14,26H,29H2,1-4H3,(H,25,28). The van der Waals surface area contributed by atoms with Crippen LogP contribution in [0.1, 0.15) is 36.7 Å². The zero-order chi connectivity index (χ0) is 21.2. The van der Waals surface area contributed by atoms with E-state index in [0.717, 1.165) is 22.6 Å². The highest BCUT2D eigenvalue weighted by molar-refractivity contribution is 7.18. The van der Waals surface area contributed by atoms with Gasteiger partial charge >= 0.3 is 0 Å². The van der Waals surface area contributed by atoms with E-state index in [4.69, 9.17) is 0 Å². The number of halogens is 1. The molecular formula is C22H26FN4OP. The lowest BCUT2D eigenvalue weighted by molar-refractivity contribution is 0.0943. The number of hydrogen-bond acceptors (Lipinski definition) is 3. The number of aryl methyl sites for hydroxylation is 1. The normalized spacial score (nSPS) is 13.2. The van der Waals surface area contributed by atoms with E-state index in [2.05, 4.69) is 24.9 Å². The van der Waals surface area contributed by atoms with Crippen LogP contribution in [0.25, 0.3) is 11.3 Å². The van der Waals surface area contributed by atoms with E-state index in [-0.39, 0.29) is 11.9 Å². The number of nitrogens with one attached hydrogen (secondary N) is 2. The van der Waals surface area contributed by atoms with Gasteiger partial charge in [-0.05, 0) is 56.7 Å². The smallest absolute Gasteiger partial charge is 0.251 e. The molecule has 0 bridgehead atoms. The highest BCUT2D eigenvalue weighted by atomic mass is 31.0. The summed E-state index contributed by atoms with van der Waals surface area (Å²) in [6.07, 6.45) is 3.62. The van der Waals surface area contributed by atoms with Crippen molar-refractivity contribution in [3.63, 3.8) is 0 Å². The Kier molecular flexibility index (Phi) is 6.04. The van der Waals surface area contributed by atoms with Gasteiger partial charge in [0.25, 0.3) is 5.91 Å². The van der Waals surface area contributed by atoms with Crippen molar-refractivity contribution in [1.29, 1.82) is 0 Å². The maximum Gasteiger partial charge on any atom is 0.251 e. The summed E-state index contributed by atoms with van der Waals surface area (Å²) >= 11 is 0. The van der Waals surface area contributed by atoms with E-state index in [1.165, 1.54) is 6.92 Å². The number of amides is 1. The first-order valence-corrected chi connectivity index (χ1v) is 10.00. The molecule has 2 N–H and O–H groups in total. The van der Waals surface area contributed by atoms with Crippen molar-refractivity contribution in [2.45, 2.75) is 32.2 Å². The van der Waals surface area contributed by atoms with Crippen molar-refractivity contribution in [2.75, 3.05) is 5.32 Å². The molecule has 29 heavy (non-hydrogen) atoms. The highest BCUT2D eigenvalue weighted by Crippen LogP contribution is 2.34. The van der Waals surface area contributed by atoms with Crippen molar-refractivity contribution in [3.8, 4) is 11.3 Å². The number of rotatable bonds is 6. The van der Waals surface area contributed by atoms with Crippen LogP contribution in [0.15, 0.2) is 55.0 Å². The van der Waals surface area contributed by atoms with Crippen LogP contribution in [0, 0.1) is 0 Å². The maximum absolute atomic E-state index is 14.1. The van der Waals surface area contributed by atoms with E-state index >= 15 is 0 Å². The predicted molar refractivity (Wildman–Crippen MR) is 119 cm³/mol. The predicted octanol–water partition coefficient (Wildman–Crippen LogP) is 4.99. The number of carbonyl (C=O) groups is 1. The fourth-order valence-electron chi connectivity index (χ4n) is 2.94. The van der Waals surface area contributed by atoms with Gasteiger partial charge in [0, 0.05) is 41.8 Å². The summed E-state index contributed by atoms with van der Waals surface area (Å²) in [7, 11) is 4.10. The summed E-state index contributed by atoms with van der Waals surface area (Å²) < 4.78 is 15.9. The van der Waals surface area contributed by atoms with Crippen molar-refractivity contribution in [1.82, 2.24) is 14.9 Å². The number of anilines is 2. The molecule has 2 aromatic carbocycles. The summed E-state index contributed by atoms with van der Waals surface area (Å²) in [6.45, 7) is 5.35. The lowest BCUT2D eigenvalue weighted by Gasteiger charge is -2.16. The van der Waals surface area contributed by atoms with Crippen molar-refractivity contribution >= 4 is 26.5 Å². The molecule has 1 aromatic heterocycles. The van der Waals surface area contributed by atoms with Gasteiger partial charge in [-0.2, -0.15) is 0 Å². The van der Waals surface area contributed by atoms with Crippen LogP contribution in [-0.2, 0) is 12.5 Å². The first kappa shape index (κ1) is 21.0. The third-order valence-electron chi connectivity index (χ3n) is 4.41. The lowest BCUT2D eigenvalue weighted by atomic mass is 10.0. The number of benzene rings is 2. The lowest BCUT2D eigenvalue weighted by Crippen LogP contribution is -2.30. The minimum Gasteiger partial charge on any atom is -0.355 e. The molecule has 0 aliphatic rings. The Hall–Kier alpha value is -2.72. The van der Waals surface area contributed by atoms with Gasteiger partial charge in [-0.1, -0.05) is 21.4 Å². The topological polar surface area (TPSA) is 59.0 Å². The van der Waals surface area contributed by atoms with Gasteiger partial charge in [0.1, 0.15) is 5.41 Å². The average Bonchev–Trinajstić information content (AvgIpc) is 3.07. The quantitative estimate of drug-likeness (QED) is 0.561. The summed E-state index contributed by atoms with van der Waals surface area (Å²) in [5.41, 5.74) is 4.35. The summed E-state index contributed by atoms with van der Waals surface area (Å²) in [5, 5.41) is 4.80. The molecule has 0 aliphatic heterocycles. The van der Waals surface area contributed by atoms with Crippen molar-refractivity contribution in [2.24, 2.45) is 7.05 Å². The minimum atomic E-state index is -1.47. The number of hydrogen-bond donors (Lipinski definition) is 2. The minimum absolute atomic E-state index is 0.0510. The largest absolute Gasteiger partial charge is 0.355 e. The van der Waals surface area contributed by atoms with Crippen molar-refractivity contribution in [3.05, 3.63) is 66.1 Å². The average molecular weight is 412 g/mol. The second kappa shape index (κ2) is 8.34. The summed E-state index contributed by atoms with van der Waals surface area (Å²) in [6, 6.07) is 12.7. The SMILES string of the molecule is CC(C)NC(=O)c1ccc(Nc2ccc(C(C)(F)P)cc2)c(-c2cn(C)cn2)c1. The molecule has 3 aromatic rings. The van der Waals surface area contributed by atoms with Gasteiger partial charge in [-0.15, -0.1) is 0 Å². The van der Waals surface area contributed by atoms with Crippen LogP contribution in [0.4, 0.5) is 15.8 Å². The summed E-state index contributed by atoms with van der Waals surface area (Å²) in [4.78, 5) is 16.9. The molecule has 0 spiro atoms. The third kappa shape index (κ3) is 5.21. The number of carbonyl (C=O) groups excluding carboxylic acids is 1. The molecule has 1 amide bonds. The van der Waals surface area contributed by atoms with E-state index in [0.29, 0.717) is 11.1 Å². The monoisotopic (exact) mass is 412 g/mol. The van der Waals surface area contributed by atoms with Crippen LogP contribution in [0.3, 0.4) is 0 Å². The Morgan fingerprint density at radius 1 is 1.21 bits per heavy atom. The second-order valence-electron chi connectivity index (χ2n) is 7.59. The molecule has 0 radical (unpaired) electrons. The van der Waals surface area contributed by atoms with Gasteiger partial charge in [0.05, 0.1) is 12.0 Å². The van der Waals surface area contributed by atoms with Crippen LogP contribution < -0.4 is 10.6 Å². The van der Waals surface area contributed by atoms with E-state index in [1.807, 2.05) is 55.9 Å². The number of imidazole rings is 1. The molecular weight excluding hydrogens is 386 g/mol. The first-order valence-electron chi connectivity index (χ1n) is 9.42. The van der Waals surface area contributed by atoms with Gasteiger partial charge < -0.3 is 15.2 Å². The fourth-order valence-corrected chi connectivity index (χ4v) is 3.13. The molecule has 5 nitrogen and oxygen atoms in total. The maximum atomic E-state index is 14.1. The fraction of sp³-hybridized carbons (Fsp3) is 0.273. The molecule has 0 aliphatic carbocycles. The molecule has 1 heterocycles. The van der Waals surface area contributed by atoms with E-state index in [1.54, 1.807) is 24.5 Å². The van der Waals surface area contributed by atoms with Crippen LogP contribution in [-0.4, -0.2) is 21.5 Å². The number of alkyl halides is 1. The molecule has 0 fully saturated rings.